The van der Waals surface area contributed by atoms with E-state index < -0.39 is 5.60 Å². The Balaban J connectivity index is 1.95. The van der Waals surface area contributed by atoms with Gasteiger partial charge in [-0.1, -0.05) is 12.1 Å². The number of benzene rings is 1. The van der Waals surface area contributed by atoms with Crippen LogP contribution >= 0.6 is 0 Å². The summed E-state index contributed by atoms with van der Waals surface area (Å²) in [6.07, 6.45) is 2.69. The van der Waals surface area contributed by atoms with Crippen LogP contribution in [0.15, 0.2) is 24.3 Å². The second-order valence-corrected chi connectivity index (χ2v) is 3.91. The van der Waals surface area contributed by atoms with E-state index in [1.165, 1.54) is 6.07 Å². The quantitative estimate of drug-likeness (QED) is 0.774. The van der Waals surface area contributed by atoms with Crippen LogP contribution in [0.5, 0.6) is 0 Å². The summed E-state index contributed by atoms with van der Waals surface area (Å²) in [7, 11) is 0. The second-order valence-electron chi connectivity index (χ2n) is 3.91. The minimum absolute atomic E-state index is 0.268. The van der Waals surface area contributed by atoms with E-state index in [2.05, 4.69) is 5.32 Å². The van der Waals surface area contributed by atoms with Crippen LogP contribution in [0, 0.1) is 5.82 Å². The lowest BCUT2D eigenvalue weighted by atomic mass is 9.80. The zero-order chi connectivity index (χ0) is 10.0. The number of halogens is 1. The first-order valence-corrected chi connectivity index (χ1v) is 4.90. The topological polar surface area (TPSA) is 32.3 Å². The Hall–Kier alpha value is -1.09. The van der Waals surface area contributed by atoms with Crippen molar-refractivity contribution < 1.29 is 9.50 Å². The molecule has 2 rings (SSSR count). The van der Waals surface area contributed by atoms with Gasteiger partial charge in [0.2, 0.25) is 0 Å². The van der Waals surface area contributed by atoms with Crippen molar-refractivity contribution in [2.45, 2.75) is 24.9 Å². The van der Waals surface area contributed by atoms with Gasteiger partial charge < -0.3 is 10.4 Å². The first-order valence-electron chi connectivity index (χ1n) is 4.90. The van der Waals surface area contributed by atoms with Crippen LogP contribution in [0.2, 0.25) is 0 Å². The van der Waals surface area contributed by atoms with Crippen molar-refractivity contribution in [3.8, 4) is 0 Å². The number of anilines is 1. The van der Waals surface area contributed by atoms with Gasteiger partial charge in [0.15, 0.2) is 0 Å². The molecule has 1 aliphatic carbocycles. The standard InChI is InChI=1S/C11H14FNO/c12-9-4-1-2-5-10(9)13-8-11(14)6-3-7-11/h1-2,4-5,13-14H,3,6-8H2. The SMILES string of the molecule is OC1(CNc2ccccc2F)CCC1. The summed E-state index contributed by atoms with van der Waals surface area (Å²) in [5.41, 5.74) is -0.143. The summed E-state index contributed by atoms with van der Waals surface area (Å²) >= 11 is 0. The minimum Gasteiger partial charge on any atom is -0.388 e. The number of para-hydroxylation sites is 1. The normalized spacial score (nSPS) is 18.7. The van der Waals surface area contributed by atoms with Crippen molar-refractivity contribution in [1.82, 2.24) is 0 Å². The van der Waals surface area contributed by atoms with E-state index in [4.69, 9.17) is 0 Å². The van der Waals surface area contributed by atoms with Crippen LogP contribution in [0.25, 0.3) is 0 Å². The van der Waals surface area contributed by atoms with Gasteiger partial charge in [-0.05, 0) is 31.4 Å². The van der Waals surface area contributed by atoms with Gasteiger partial charge in [-0.3, -0.25) is 0 Å². The molecule has 14 heavy (non-hydrogen) atoms. The molecule has 1 aromatic carbocycles. The molecule has 1 fully saturated rings. The first-order chi connectivity index (χ1) is 6.70. The van der Waals surface area contributed by atoms with E-state index in [0.29, 0.717) is 12.2 Å². The van der Waals surface area contributed by atoms with E-state index in [9.17, 15) is 9.50 Å². The monoisotopic (exact) mass is 195 g/mol. The molecule has 0 saturated heterocycles. The Labute approximate surface area is 82.8 Å². The third-order valence-electron chi connectivity index (χ3n) is 2.77. The summed E-state index contributed by atoms with van der Waals surface area (Å²) in [6, 6.07) is 6.51. The van der Waals surface area contributed by atoms with Crippen LogP contribution in [0.3, 0.4) is 0 Å². The summed E-state index contributed by atoms with van der Waals surface area (Å²) in [5, 5.41) is 12.7. The number of aliphatic hydroxyl groups is 1. The predicted octanol–water partition coefficient (Wildman–Crippen LogP) is 2.15. The highest BCUT2D eigenvalue weighted by atomic mass is 19.1. The molecule has 1 saturated carbocycles. The summed E-state index contributed by atoms with van der Waals surface area (Å²) in [5.74, 6) is -0.268. The van der Waals surface area contributed by atoms with Crippen molar-refractivity contribution in [1.29, 1.82) is 0 Å². The van der Waals surface area contributed by atoms with Crippen molar-refractivity contribution in [2.75, 3.05) is 11.9 Å². The van der Waals surface area contributed by atoms with Gasteiger partial charge >= 0.3 is 0 Å². The molecule has 0 aliphatic heterocycles. The summed E-state index contributed by atoms with van der Waals surface area (Å²) < 4.78 is 13.1. The molecule has 2 N–H and O–H groups in total. The molecule has 2 nitrogen and oxygen atoms in total. The number of nitrogens with one attached hydrogen (secondary N) is 1. The molecule has 0 bridgehead atoms. The molecule has 0 spiro atoms. The molecule has 0 radical (unpaired) electrons. The van der Waals surface area contributed by atoms with Gasteiger partial charge in [-0.15, -0.1) is 0 Å². The number of hydrogen-bond donors (Lipinski definition) is 2. The molecule has 0 amide bonds. The third kappa shape index (κ3) is 1.87. The van der Waals surface area contributed by atoms with Crippen LogP contribution in [0.4, 0.5) is 10.1 Å². The van der Waals surface area contributed by atoms with Crippen molar-refractivity contribution in [3.63, 3.8) is 0 Å². The molecule has 3 heteroatoms. The Bertz CT molecular complexity index is 323. The van der Waals surface area contributed by atoms with E-state index in [1.807, 2.05) is 0 Å². The molecule has 1 aliphatic rings. The largest absolute Gasteiger partial charge is 0.388 e. The summed E-state index contributed by atoms with van der Waals surface area (Å²) in [6.45, 7) is 0.438. The van der Waals surface area contributed by atoms with Crippen LogP contribution < -0.4 is 5.32 Å². The lowest BCUT2D eigenvalue weighted by Crippen LogP contribution is -2.43. The predicted molar refractivity (Wildman–Crippen MR) is 53.7 cm³/mol. The molecule has 76 valence electrons. The average molecular weight is 195 g/mol. The average Bonchev–Trinajstić information content (AvgIpc) is 2.14. The van der Waals surface area contributed by atoms with Gasteiger partial charge in [-0.2, -0.15) is 0 Å². The van der Waals surface area contributed by atoms with Crippen LogP contribution in [-0.2, 0) is 0 Å². The van der Waals surface area contributed by atoms with E-state index in [0.717, 1.165) is 19.3 Å². The fraction of sp³-hybridized carbons (Fsp3) is 0.455. The van der Waals surface area contributed by atoms with E-state index in [1.54, 1.807) is 18.2 Å². The fourth-order valence-electron chi connectivity index (χ4n) is 1.63. The fourth-order valence-corrected chi connectivity index (χ4v) is 1.63. The Kier molecular flexibility index (Phi) is 2.42. The van der Waals surface area contributed by atoms with Gasteiger partial charge in [0, 0.05) is 6.54 Å². The molecule has 0 heterocycles. The number of rotatable bonds is 3. The highest BCUT2D eigenvalue weighted by Crippen LogP contribution is 2.31. The maximum absolute atomic E-state index is 13.1. The van der Waals surface area contributed by atoms with Crippen molar-refractivity contribution in [2.24, 2.45) is 0 Å². The van der Waals surface area contributed by atoms with Crippen molar-refractivity contribution >= 4 is 5.69 Å². The number of hydrogen-bond acceptors (Lipinski definition) is 2. The zero-order valence-electron chi connectivity index (χ0n) is 7.96. The smallest absolute Gasteiger partial charge is 0.146 e. The van der Waals surface area contributed by atoms with Gasteiger partial charge in [-0.25, -0.2) is 4.39 Å². The molecule has 1 aromatic rings. The Morgan fingerprint density at radius 2 is 2.07 bits per heavy atom. The molecular formula is C11H14FNO. The molecule has 0 unspecified atom stereocenters. The van der Waals surface area contributed by atoms with Gasteiger partial charge in [0.05, 0.1) is 11.3 Å². The second kappa shape index (κ2) is 3.58. The first kappa shape index (κ1) is 9.46. The van der Waals surface area contributed by atoms with E-state index >= 15 is 0 Å². The molecule has 0 atom stereocenters. The van der Waals surface area contributed by atoms with Gasteiger partial charge in [0.25, 0.3) is 0 Å². The minimum atomic E-state index is -0.609. The highest BCUT2D eigenvalue weighted by molar-refractivity contribution is 5.44. The Morgan fingerprint density at radius 3 is 2.64 bits per heavy atom. The highest BCUT2D eigenvalue weighted by Gasteiger charge is 2.33. The van der Waals surface area contributed by atoms with Crippen molar-refractivity contribution in [3.05, 3.63) is 30.1 Å². The zero-order valence-corrected chi connectivity index (χ0v) is 7.96. The Morgan fingerprint density at radius 1 is 1.36 bits per heavy atom. The summed E-state index contributed by atoms with van der Waals surface area (Å²) in [4.78, 5) is 0. The molecule has 0 aromatic heterocycles. The van der Waals surface area contributed by atoms with E-state index in [-0.39, 0.29) is 5.82 Å². The van der Waals surface area contributed by atoms with Gasteiger partial charge in [0.1, 0.15) is 5.82 Å². The maximum Gasteiger partial charge on any atom is 0.146 e. The lowest BCUT2D eigenvalue weighted by Gasteiger charge is -2.36. The third-order valence-corrected chi connectivity index (χ3v) is 2.77. The van der Waals surface area contributed by atoms with Crippen LogP contribution in [0.1, 0.15) is 19.3 Å². The maximum atomic E-state index is 13.1. The van der Waals surface area contributed by atoms with Crippen LogP contribution in [-0.4, -0.2) is 17.3 Å². The molecular weight excluding hydrogens is 181 g/mol. The lowest BCUT2D eigenvalue weighted by molar-refractivity contribution is -0.0202.